The van der Waals surface area contributed by atoms with Gasteiger partial charge >= 0.3 is 0 Å². The van der Waals surface area contributed by atoms with Crippen LogP contribution >= 0.6 is 0 Å². The molecule has 0 aliphatic carbocycles. The fourth-order valence-corrected chi connectivity index (χ4v) is 2.32. The van der Waals surface area contributed by atoms with Gasteiger partial charge in [0.2, 0.25) is 0 Å². The van der Waals surface area contributed by atoms with Crippen LogP contribution in [0.4, 0.5) is 4.39 Å². The first-order chi connectivity index (χ1) is 12.3. The monoisotopic (exact) mass is 342 g/mol. The zero-order valence-corrected chi connectivity index (χ0v) is 14.8. The normalized spacial score (nSPS) is 11.4. The third kappa shape index (κ3) is 4.59. The molecule has 0 radical (unpaired) electrons. The molecule has 0 amide bonds. The summed E-state index contributed by atoms with van der Waals surface area (Å²) in [7, 11) is 1.98. The summed E-state index contributed by atoms with van der Waals surface area (Å²) in [5.74, 6) is 1.76. The highest BCUT2D eigenvalue weighted by Gasteiger charge is 2.10. The molecule has 0 aromatic carbocycles. The molecule has 0 atom stereocenters. The summed E-state index contributed by atoms with van der Waals surface area (Å²) in [5, 5.41) is 0. The number of aromatic nitrogens is 5. The van der Waals surface area contributed by atoms with Gasteiger partial charge in [0, 0.05) is 31.9 Å². The van der Waals surface area contributed by atoms with E-state index < -0.39 is 6.67 Å². The van der Waals surface area contributed by atoms with Crippen molar-refractivity contribution in [3.05, 3.63) is 54.7 Å². The first-order valence-corrected chi connectivity index (χ1v) is 8.26. The first-order valence-electron chi connectivity index (χ1n) is 8.26. The Morgan fingerprint density at radius 3 is 2.84 bits per heavy atom. The van der Waals surface area contributed by atoms with Crippen molar-refractivity contribution in [2.45, 2.75) is 26.9 Å². The van der Waals surface area contributed by atoms with Crippen molar-refractivity contribution < 1.29 is 4.39 Å². The molecule has 0 saturated carbocycles. The predicted octanol–water partition coefficient (Wildman–Crippen LogP) is 3.34. The molecule has 25 heavy (non-hydrogen) atoms. The maximum atomic E-state index is 11.9. The molecule has 0 bridgehead atoms. The molecule has 3 heterocycles. The summed E-state index contributed by atoms with van der Waals surface area (Å²) in [6, 6.07) is 1.90. The number of aliphatic imine (C=N–C) groups is 1. The van der Waals surface area contributed by atoms with Crippen LogP contribution < -0.4 is 0 Å². The number of nitrogens with zero attached hydrogens (tertiary/aromatic N) is 6. The van der Waals surface area contributed by atoms with E-state index in [0.29, 0.717) is 13.1 Å². The van der Waals surface area contributed by atoms with Gasteiger partial charge in [-0.25, -0.2) is 14.4 Å². The molecule has 0 aliphatic rings. The molecule has 0 spiro atoms. The standard InChI is InChI=1S/C16H17FN6.C2H6/c1-22-14-10-19-7-4-13(14)21-16(22)12-23-9-8-20-15(23)11-18-6-3-2-5-17;1-2/h2-4,6-10H,5,11-12H2,1H3;1-2H3/b3-2-,18-6?;. The highest BCUT2D eigenvalue weighted by Crippen LogP contribution is 2.14. The van der Waals surface area contributed by atoms with E-state index in [2.05, 4.69) is 19.9 Å². The maximum Gasteiger partial charge on any atom is 0.130 e. The average molecular weight is 342 g/mol. The van der Waals surface area contributed by atoms with Crippen LogP contribution in [0.3, 0.4) is 0 Å². The zero-order valence-electron chi connectivity index (χ0n) is 14.8. The number of alkyl halides is 1. The summed E-state index contributed by atoms with van der Waals surface area (Å²) in [6.07, 6.45) is 11.8. The molecule has 6 nitrogen and oxygen atoms in total. The van der Waals surface area contributed by atoms with Crippen molar-refractivity contribution in [1.82, 2.24) is 24.1 Å². The van der Waals surface area contributed by atoms with Crippen LogP contribution in [-0.4, -0.2) is 37.0 Å². The second kappa shape index (κ2) is 9.46. The van der Waals surface area contributed by atoms with Crippen molar-refractivity contribution in [1.29, 1.82) is 0 Å². The van der Waals surface area contributed by atoms with Crippen molar-refractivity contribution in [3.8, 4) is 0 Å². The van der Waals surface area contributed by atoms with E-state index in [1.807, 2.05) is 48.5 Å². The summed E-state index contributed by atoms with van der Waals surface area (Å²) in [6.45, 7) is 4.56. The number of rotatable bonds is 6. The average Bonchev–Trinajstić information content (AvgIpc) is 3.22. The molecule has 3 rings (SSSR count). The number of pyridine rings is 1. The maximum absolute atomic E-state index is 11.9. The third-order valence-corrected chi connectivity index (χ3v) is 3.54. The van der Waals surface area contributed by atoms with Crippen LogP contribution in [0.25, 0.3) is 11.0 Å². The van der Waals surface area contributed by atoms with E-state index in [1.54, 1.807) is 24.7 Å². The fourth-order valence-electron chi connectivity index (χ4n) is 2.32. The van der Waals surface area contributed by atoms with E-state index >= 15 is 0 Å². The smallest absolute Gasteiger partial charge is 0.130 e. The largest absolute Gasteiger partial charge is 0.328 e. The van der Waals surface area contributed by atoms with Crippen molar-refractivity contribution in [2.24, 2.45) is 12.0 Å². The van der Waals surface area contributed by atoms with E-state index in [1.165, 1.54) is 6.08 Å². The molecule has 0 N–H and O–H groups in total. The van der Waals surface area contributed by atoms with Gasteiger partial charge in [0.05, 0.1) is 30.3 Å². The van der Waals surface area contributed by atoms with E-state index in [4.69, 9.17) is 0 Å². The topological polar surface area (TPSA) is 60.9 Å². The van der Waals surface area contributed by atoms with Gasteiger partial charge < -0.3 is 9.13 Å². The fraction of sp³-hybridized carbons (Fsp3) is 0.333. The van der Waals surface area contributed by atoms with Crippen molar-refractivity contribution in [2.75, 3.05) is 6.67 Å². The van der Waals surface area contributed by atoms with Gasteiger partial charge in [-0.1, -0.05) is 19.9 Å². The lowest BCUT2D eigenvalue weighted by Crippen LogP contribution is -2.08. The lowest BCUT2D eigenvalue weighted by Gasteiger charge is -2.06. The molecular formula is C18H23FN6. The number of hydrogen-bond donors (Lipinski definition) is 0. The van der Waals surface area contributed by atoms with Gasteiger partial charge in [-0.05, 0) is 12.1 Å². The molecule has 0 fully saturated rings. The SMILES string of the molecule is CC.Cn1c(Cn2ccnc2CN=C/C=C\CF)nc2ccncc21. The highest BCUT2D eigenvalue weighted by molar-refractivity contribution is 5.74. The molecule has 0 saturated heterocycles. The minimum absolute atomic E-state index is 0.440. The van der Waals surface area contributed by atoms with E-state index in [-0.39, 0.29) is 0 Å². The van der Waals surface area contributed by atoms with Crippen LogP contribution in [0.1, 0.15) is 25.5 Å². The molecule has 3 aromatic heterocycles. The number of imidazole rings is 2. The van der Waals surface area contributed by atoms with Gasteiger partial charge in [-0.15, -0.1) is 0 Å². The molecule has 0 unspecified atom stereocenters. The second-order valence-corrected chi connectivity index (χ2v) is 5.00. The second-order valence-electron chi connectivity index (χ2n) is 5.00. The number of aryl methyl sites for hydroxylation is 1. The molecular weight excluding hydrogens is 319 g/mol. The van der Waals surface area contributed by atoms with E-state index in [9.17, 15) is 4.39 Å². The summed E-state index contributed by atoms with van der Waals surface area (Å²) in [4.78, 5) is 17.3. The minimum atomic E-state index is -0.484. The van der Waals surface area contributed by atoms with Gasteiger partial charge in [-0.3, -0.25) is 9.98 Å². The Kier molecular flexibility index (Phi) is 7.00. The summed E-state index contributed by atoms with van der Waals surface area (Å²) >= 11 is 0. The van der Waals surface area contributed by atoms with Gasteiger partial charge in [0.15, 0.2) is 0 Å². The molecule has 7 heteroatoms. The Labute approximate surface area is 146 Å². The Hall–Kier alpha value is -2.83. The van der Waals surface area contributed by atoms with Crippen molar-refractivity contribution >= 4 is 17.2 Å². The summed E-state index contributed by atoms with van der Waals surface area (Å²) in [5.41, 5.74) is 1.92. The molecule has 0 aliphatic heterocycles. The number of allylic oxidation sites excluding steroid dienone is 2. The summed E-state index contributed by atoms with van der Waals surface area (Å²) < 4.78 is 16.0. The molecule has 132 valence electrons. The van der Waals surface area contributed by atoms with Crippen LogP contribution in [0, 0.1) is 0 Å². The van der Waals surface area contributed by atoms with Gasteiger partial charge in [0.25, 0.3) is 0 Å². The predicted molar refractivity (Wildman–Crippen MR) is 98.5 cm³/mol. The quantitative estimate of drug-likeness (QED) is 0.646. The van der Waals surface area contributed by atoms with Crippen LogP contribution in [0.15, 0.2) is 48.0 Å². The van der Waals surface area contributed by atoms with Crippen molar-refractivity contribution in [3.63, 3.8) is 0 Å². The van der Waals surface area contributed by atoms with Gasteiger partial charge in [-0.2, -0.15) is 0 Å². The first kappa shape index (κ1) is 18.5. The third-order valence-electron chi connectivity index (χ3n) is 3.54. The Bertz CT molecular complexity index is 846. The minimum Gasteiger partial charge on any atom is -0.328 e. The highest BCUT2D eigenvalue weighted by atomic mass is 19.1. The number of halogens is 1. The number of hydrogen-bond acceptors (Lipinski definition) is 4. The van der Waals surface area contributed by atoms with Gasteiger partial charge in [0.1, 0.15) is 18.3 Å². The lowest BCUT2D eigenvalue weighted by atomic mass is 10.4. The lowest BCUT2D eigenvalue weighted by molar-refractivity contribution is 0.562. The molecule has 3 aromatic rings. The number of fused-ring (bicyclic) bond motifs is 1. The van der Waals surface area contributed by atoms with Crippen LogP contribution in [0.5, 0.6) is 0 Å². The zero-order chi connectivity index (χ0) is 18.1. The van der Waals surface area contributed by atoms with Crippen LogP contribution in [-0.2, 0) is 20.1 Å². The van der Waals surface area contributed by atoms with E-state index in [0.717, 1.165) is 22.7 Å². The Morgan fingerprint density at radius 1 is 1.24 bits per heavy atom. The Morgan fingerprint density at radius 2 is 2.08 bits per heavy atom. The van der Waals surface area contributed by atoms with Crippen LogP contribution in [0.2, 0.25) is 0 Å². The Balaban J connectivity index is 0.00000109.